The van der Waals surface area contributed by atoms with E-state index in [4.69, 9.17) is 5.73 Å². The van der Waals surface area contributed by atoms with Crippen molar-refractivity contribution in [2.75, 3.05) is 31.3 Å². The Morgan fingerprint density at radius 3 is 2.67 bits per heavy atom. The summed E-state index contributed by atoms with van der Waals surface area (Å²) in [5, 5.41) is 3.63. The van der Waals surface area contributed by atoms with E-state index in [1.807, 2.05) is 37.2 Å². The first-order valence-electron chi connectivity index (χ1n) is 6.83. The van der Waals surface area contributed by atoms with Crippen molar-refractivity contribution in [3.05, 3.63) is 40.8 Å². The molecule has 21 heavy (non-hydrogen) atoms. The normalized spacial score (nSPS) is 10.4. The number of hydrogen-bond acceptors (Lipinski definition) is 5. The summed E-state index contributed by atoms with van der Waals surface area (Å²) >= 11 is 1.31. The van der Waals surface area contributed by atoms with Gasteiger partial charge >= 0.3 is 0 Å². The van der Waals surface area contributed by atoms with Crippen molar-refractivity contribution >= 4 is 28.2 Å². The number of carbonyl (C=O) groups is 1. The van der Waals surface area contributed by atoms with Crippen LogP contribution in [-0.4, -0.2) is 31.5 Å². The highest BCUT2D eigenvalue weighted by Gasteiger charge is 2.16. The summed E-state index contributed by atoms with van der Waals surface area (Å²) in [7, 11) is 3.75. The van der Waals surface area contributed by atoms with E-state index in [1.54, 1.807) is 0 Å². The molecule has 0 unspecified atom stereocenters. The van der Waals surface area contributed by atoms with Gasteiger partial charge in [0.1, 0.15) is 10.7 Å². The monoisotopic (exact) mass is 304 g/mol. The number of carbonyl (C=O) groups excluding carboxylic acids is 1. The summed E-state index contributed by atoms with van der Waals surface area (Å²) in [6, 6.07) is 10.2. The first kappa shape index (κ1) is 15.3. The molecule has 1 aromatic carbocycles. The fourth-order valence-corrected chi connectivity index (χ4v) is 2.72. The minimum absolute atomic E-state index is 0.147. The highest BCUT2D eigenvalue weighted by atomic mass is 32.1. The van der Waals surface area contributed by atoms with Gasteiger partial charge in [-0.15, -0.1) is 0 Å². The Labute approximate surface area is 128 Å². The molecule has 1 aromatic heterocycles. The number of anilines is 2. The molecule has 0 aliphatic rings. The number of rotatable bonds is 6. The second-order valence-electron chi connectivity index (χ2n) is 4.95. The van der Waals surface area contributed by atoms with Crippen molar-refractivity contribution in [3.63, 3.8) is 0 Å². The van der Waals surface area contributed by atoms with Gasteiger partial charge in [0.2, 0.25) is 0 Å². The van der Waals surface area contributed by atoms with E-state index in [1.165, 1.54) is 16.9 Å². The van der Waals surface area contributed by atoms with Crippen LogP contribution in [0.4, 0.5) is 10.9 Å². The van der Waals surface area contributed by atoms with Gasteiger partial charge in [0.15, 0.2) is 5.13 Å². The molecule has 1 heterocycles. The Kier molecular flexibility index (Phi) is 5.16. The van der Waals surface area contributed by atoms with Gasteiger partial charge < -0.3 is 16.0 Å². The van der Waals surface area contributed by atoms with Crippen molar-refractivity contribution in [2.24, 2.45) is 0 Å². The maximum absolute atomic E-state index is 12.1. The van der Waals surface area contributed by atoms with Crippen LogP contribution in [0.25, 0.3) is 0 Å². The van der Waals surface area contributed by atoms with Gasteiger partial charge in [0, 0.05) is 20.6 Å². The average molecular weight is 304 g/mol. The number of aryl methyl sites for hydroxylation is 1. The lowest BCUT2D eigenvalue weighted by atomic mass is 10.1. The van der Waals surface area contributed by atoms with Crippen LogP contribution >= 0.6 is 11.3 Å². The Balaban J connectivity index is 1.82. The number of benzene rings is 1. The number of aromatic nitrogens is 1. The van der Waals surface area contributed by atoms with Gasteiger partial charge in [0.05, 0.1) is 0 Å². The molecule has 0 saturated heterocycles. The minimum atomic E-state index is -0.147. The largest absolute Gasteiger partial charge is 0.382 e. The van der Waals surface area contributed by atoms with Gasteiger partial charge in [-0.2, -0.15) is 0 Å². The maximum atomic E-state index is 12.1. The van der Waals surface area contributed by atoms with Crippen molar-refractivity contribution in [1.82, 2.24) is 10.3 Å². The van der Waals surface area contributed by atoms with Crippen LogP contribution in [0.15, 0.2) is 30.3 Å². The molecule has 0 spiro atoms. The predicted octanol–water partition coefficient (Wildman–Crippen LogP) is 2.15. The van der Waals surface area contributed by atoms with Crippen molar-refractivity contribution in [3.8, 4) is 0 Å². The number of nitrogens with two attached hydrogens (primary N) is 1. The van der Waals surface area contributed by atoms with E-state index >= 15 is 0 Å². The van der Waals surface area contributed by atoms with E-state index < -0.39 is 0 Å². The Morgan fingerprint density at radius 1 is 1.33 bits per heavy atom. The molecule has 2 rings (SSSR count). The summed E-state index contributed by atoms with van der Waals surface area (Å²) < 4.78 is 0. The van der Waals surface area contributed by atoms with Crippen LogP contribution in [0.1, 0.15) is 21.7 Å². The van der Waals surface area contributed by atoms with Gasteiger partial charge in [-0.05, 0) is 18.4 Å². The van der Waals surface area contributed by atoms with Crippen molar-refractivity contribution < 1.29 is 4.79 Å². The van der Waals surface area contributed by atoms with E-state index in [0.29, 0.717) is 17.2 Å². The van der Waals surface area contributed by atoms with Crippen molar-refractivity contribution in [2.45, 2.75) is 12.8 Å². The number of hydrogen-bond donors (Lipinski definition) is 2. The van der Waals surface area contributed by atoms with E-state index in [-0.39, 0.29) is 5.91 Å². The smallest absolute Gasteiger partial charge is 0.265 e. The lowest BCUT2D eigenvalue weighted by Crippen LogP contribution is -2.24. The van der Waals surface area contributed by atoms with Crippen LogP contribution in [0.5, 0.6) is 0 Å². The second-order valence-corrected chi connectivity index (χ2v) is 5.93. The number of thiazole rings is 1. The Hall–Kier alpha value is -2.08. The molecule has 6 heteroatoms. The van der Waals surface area contributed by atoms with Gasteiger partial charge in [-0.3, -0.25) is 4.79 Å². The Bertz CT molecular complexity index is 595. The predicted molar refractivity (Wildman–Crippen MR) is 87.9 cm³/mol. The van der Waals surface area contributed by atoms with E-state index in [0.717, 1.165) is 18.0 Å². The number of amides is 1. The molecule has 2 aromatic rings. The van der Waals surface area contributed by atoms with Crippen LogP contribution < -0.4 is 16.0 Å². The van der Waals surface area contributed by atoms with Crippen LogP contribution in [0.2, 0.25) is 0 Å². The molecular formula is C15H20N4OS. The topological polar surface area (TPSA) is 71.2 Å². The highest BCUT2D eigenvalue weighted by Crippen LogP contribution is 2.26. The summed E-state index contributed by atoms with van der Waals surface area (Å²) in [4.78, 5) is 18.6. The zero-order valence-electron chi connectivity index (χ0n) is 12.3. The molecule has 0 bridgehead atoms. The second kappa shape index (κ2) is 7.08. The molecule has 0 aliphatic carbocycles. The molecular weight excluding hydrogens is 284 g/mol. The summed E-state index contributed by atoms with van der Waals surface area (Å²) in [5.74, 6) is 0.149. The fourth-order valence-electron chi connectivity index (χ4n) is 1.89. The molecule has 0 aliphatic heterocycles. The number of nitrogens with one attached hydrogen (secondary N) is 1. The quantitative estimate of drug-likeness (QED) is 0.802. The molecule has 5 nitrogen and oxygen atoms in total. The fraction of sp³-hybridized carbons (Fsp3) is 0.333. The lowest BCUT2D eigenvalue weighted by molar-refractivity contribution is 0.0958. The first-order chi connectivity index (χ1) is 10.1. The molecule has 3 N–H and O–H groups in total. The average Bonchev–Trinajstić information content (AvgIpc) is 2.87. The number of nitrogen functional groups attached to an aromatic ring is 1. The lowest BCUT2D eigenvalue weighted by Gasteiger charge is -2.05. The molecule has 0 atom stereocenters. The number of nitrogens with zero attached hydrogens (tertiary/aromatic N) is 2. The summed E-state index contributed by atoms with van der Waals surface area (Å²) in [6.07, 6.45) is 1.84. The molecule has 1 amide bonds. The van der Waals surface area contributed by atoms with Gasteiger partial charge in [-0.25, -0.2) is 4.98 Å². The third-order valence-electron chi connectivity index (χ3n) is 3.00. The van der Waals surface area contributed by atoms with Crippen molar-refractivity contribution in [1.29, 1.82) is 0 Å². The highest BCUT2D eigenvalue weighted by molar-refractivity contribution is 7.18. The Morgan fingerprint density at radius 2 is 2.05 bits per heavy atom. The standard InChI is InChI=1S/C15H20N4OS/c1-19(2)15-18-13(16)12(21-15)14(20)17-10-6-9-11-7-4-3-5-8-11/h3-5,7-8H,6,9-10,16H2,1-2H3,(H,17,20). The van der Waals surface area contributed by atoms with Crippen LogP contribution in [0.3, 0.4) is 0 Å². The molecule has 112 valence electrons. The van der Waals surface area contributed by atoms with Crippen LogP contribution in [-0.2, 0) is 6.42 Å². The maximum Gasteiger partial charge on any atom is 0.265 e. The van der Waals surface area contributed by atoms with Gasteiger partial charge in [0.25, 0.3) is 5.91 Å². The summed E-state index contributed by atoms with van der Waals surface area (Å²) in [5.41, 5.74) is 7.06. The van der Waals surface area contributed by atoms with E-state index in [2.05, 4.69) is 22.4 Å². The third-order valence-corrected chi connectivity index (χ3v) is 4.24. The SMILES string of the molecule is CN(C)c1nc(N)c(C(=O)NCCCc2ccccc2)s1. The zero-order valence-corrected chi connectivity index (χ0v) is 13.1. The first-order valence-corrected chi connectivity index (χ1v) is 7.65. The molecule has 0 radical (unpaired) electrons. The third kappa shape index (κ3) is 4.19. The van der Waals surface area contributed by atoms with Gasteiger partial charge in [-0.1, -0.05) is 41.7 Å². The molecule has 0 saturated carbocycles. The van der Waals surface area contributed by atoms with Crippen LogP contribution in [0, 0.1) is 0 Å². The molecule has 0 fully saturated rings. The van der Waals surface area contributed by atoms with E-state index in [9.17, 15) is 4.79 Å². The summed E-state index contributed by atoms with van der Waals surface area (Å²) in [6.45, 7) is 0.627. The zero-order chi connectivity index (χ0) is 15.2. The minimum Gasteiger partial charge on any atom is -0.382 e.